The molecule has 74 valence electrons. The highest BCUT2D eigenvalue weighted by molar-refractivity contribution is 7.99. The van der Waals surface area contributed by atoms with Crippen molar-refractivity contribution in [2.24, 2.45) is 0 Å². The first-order valence-corrected chi connectivity index (χ1v) is 5.72. The predicted molar refractivity (Wildman–Crippen MR) is 55.7 cm³/mol. The van der Waals surface area contributed by atoms with Crippen molar-refractivity contribution in [3.05, 3.63) is 17.8 Å². The van der Waals surface area contributed by atoms with Gasteiger partial charge in [0, 0.05) is 0 Å². The molecule has 0 radical (unpaired) electrons. The van der Waals surface area contributed by atoms with E-state index in [1.807, 2.05) is 11.4 Å². The van der Waals surface area contributed by atoms with Crippen LogP contribution in [0.15, 0.2) is 28.0 Å². The Kier molecular flexibility index (Phi) is 2.07. The molecule has 0 spiro atoms. The van der Waals surface area contributed by atoms with Crippen LogP contribution in [-0.4, -0.2) is 30.6 Å². The number of H-pyrrole nitrogens is 1. The van der Waals surface area contributed by atoms with Crippen LogP contribution in [0.3, 0.4) is 0 Å². The molecule has 0 aromatic carbocycles. The number of thiophene rings is 1. The third kappa shape index (κ3) is 1.57. The number of tetrazole rings is 1. The van der Waals surface area contributed by atoms with Crippen molar-refractivity contribution in [1.82, 2.24) is 30.6 Å². The highest BCUT2D eigenvalue weighted by atomic mass is 32.2. The fourth-order valence-corrected chi connectivity index (χ4v) is 2.76. The van der Waals surface area contributed by atoms with Crippen molar-refractivity contribution < 1.29 is 0 Å². The normalized spacial score (nSPS) is 10.9. The van der Waals surface area contributed by atoms with Crippen LogP contribution in [0.25, 0.3) is 10.2 Å². The van der Waals surface area contributed by atoms with Crippen LogP contribution in [0.4, 0.5) is 0 Å². The van der Waals surface area contributed by atoms with Gasteiger partial charge in [-0.3, -0.25) is 0 Å². The van der Waals surface area contributed by atoms with Gasteiger partial charge in [0.1, 0.15) is 11.4 Å². The van der Waals surface area contributed by atoms with E-state index in [0.717, 1.165) is 15.2 Å². The fraction of sp³-hybridized carbons (Fsp3) is 0. The summed E-state index contributed by atoms with van der Waals surface area (Å²) in [5.74, 6) is 0. The van der Waals surface area contributed by atoms with Gasteiger partial charge in [-0.2, -0.15) is 5.21 Å². The Bertz CT molecular complexity index is 574. The molecule has 0 amide bonds. The van der Waals surface area contributed by atoms with Gasteiger partial charge in [-0.1, -0.05) is 0 Å². The minimum Gasteiger partial charge on any atom is -0.235 e. The second-order valence-electron chi connectivity index (χ2n) is 2.61. The molecule has 0 unspecified atom stereocenters. The second kappa shape index (κ2) is 3.55. The van der Waals surface area contributed by atoms with E-state index in [1.165, 1.54) is 18.1 Å². The number of aromatic nitrogens is 6. The molecular weight excluding hydrogens is 232 g/mol. The van der Waals surface area contributed by atoms with Gasteiger partial charge in [0.05, 0.1) is 10.2 Å². The molecular formula is C7H4N6S2. The summed E-state index contributed by atoms with van der Waals surface area (Å²) in [5, 5.41) is 17.0. The lowest BCUT2D eigenvalue weighted by molar-refractivity contribution is 0.881. The maximum Gasteiger partial charge on any atom is 0.237 e. The molecule has 3 aromatic heterocycles. The molecule has 6 nitrogen and oxygen atoms in total. The molecule has 0 saturated heterocycles. The van der Waals surface area contributed by atoms with E-state index in [0.29, 0.717) is 5.16 Å². The Hall–Kier alpha value is -1.54. The van der Waals surface area contributed by atoms with Gasteiger partial charge in [-0.05, 0) is 28.4 Å². The van der Waals surface area contributed by atoms with Crippen molar-refractivity contribution in [3.63, 3.8) is 0 Å². The number of rotatable bonds is 2. The summed E-state index contributed by atoms with van der Waals surface area (Å²) in [4.78, 5) is 8.35. The predicted octanol–water partition coefficient (Wildman–Crippen LogP) is 1.36. The van der Waals surface area contributed by atoms with Gasteiger partial charge in [-0.15, -0.1) is 21.5 Å². The first-order chi connectivity index (χ1) is 7.43. The van der Waals surface area contributed by atoms with Crippen molar-refractivity contribution >= 4 is 33.3 Å². The highest BCUT2D eigenvalue weighted by Crippen LogP contribution is 2.31. The van der Waals surface area contributed by atoms with Crippen molar-refractivity contribution in [3.8, 4) is 0 Å². The standard InChI is InChI=1S/C7H4N6S2/c1-2-14-5-4(1)8-3-9-6(5)15-7-10-12-13-11-7/h1-3H,(H,10,11,12,13). The summed E-state index contributed by atoms with van der Waals surface area (Å²) < 4.78 is 1.05. The van der Waals surface area contributed by atoms with Gasteiger partial charge in [0.2, 0.25) is 5.16 Å². The molecule has 0 fully saturated rings. The van der Waals surface area contributed by atoms with Gasteiger partial charge in [-0.25, -0.2) is 9.97 Å². The first-order valence-electron chi connectivity index (χ1n) is 4.03. The molecule has 0 saturated carbocycles. The van der Waals surface area contributed by atoms with Crippen LogP contribution in [0.5, 0.6) is 0 Å². The Morgan fingerprint density at radius 3 is 3.20 bits per heavy atom. The van der Waals surface area contributed by atoms with Gasteiger partial charge in [0.25, 0.3) is 0 Å². The zero-order valence-electron chi connectivity index (χ0n) is 7.28. The summed E-state index contributed by atoms with van der Waals surface area (Å²) in [7, 11) is 0. The third-order valence-electron chi connectivity index (χ3n) is 1.72. The maximum atomic E-state index is 4.19. The van der Waals surface area contributed by atoms with Gasteiger partial charge < -0.3 is 0 Å². The molecule has 0 aliphatic carbocycles. The molecule has 15 heavy (non-hydrogen) atoms. The number of nitrogens with zero attached hydrogens (tertiary/aromatic N) is 5. The van der Waals surface area contributed by atoms with E-state index in [9.17, 15) is 0 Å². The van der Waals surface area contributed by atoms with Gasteiger partial charge in [0.15, 0.2) is 0 Å². The monoisotopic (exact) mass is 236 g/mol. The number of nitrogens with one attached hydrogen (secondary N) is 1. The third-order valence-corrected chi connectivity index (χ3v) is 3.62. The number of aromatic amines is 1. The lowest BCUT2D eigenvalue weighted by Gasteiger charge is -1.95. The summed E-state index contributed by atoms with van der Waals surface area (Å²) in [6, 6.07) is 1.96. The molecule has 3 aromatic rings. The van der Waals surface area contributed by atoms with Crippen LogP contribution in [0, 0.1) is 0 Å². The average Bonchev–Trinajstić information content (AvgIpc) is 2.87. The zero-order chi connectivity index (χ0) is 10.1. The van der Waals surface area contributed by atoms with Gasteiger partial charge >= 0.3 is 0 Å². The Morgan fingerprint density at radius 1 is 1.33 bits per heavy atom. The SMILES string of the molecule is c1nc(Sc2nn[nH]n2)c2sccc2n1. The number of fused-ring (bicyclic) bond motifs is 1. The fourth-order valence-electron chi connectivity index (χ4n) is 1.12. The second-order valence-corrected chi connectivity index (χ2v) is 4.48. The van der Waals surface area contributed by atoms with E-state index in [4.69, 9.17) is 0 Å². The lowest BCUT2D eigenvalue weighted by Crippen LogP contribution is -1.83. The molecule has 1 N–H and O–H groups in total. The van der Waals surface area contributed by atoms with E-state index >= 15 is 0 Å². The van der Waals surface area contributed by atoms with Crippen molar-refractivity contribution in [2.45, 2.75) is 10.2 Å². The van der Waals surface area contributed by atoms with Crippen LogP contribution in [0.1, 0.15) is 0 Å². The lowest BCUT2D eigenvalue weighted by atomic mass is 10.5. The molecule has 0 aliphatic heterocycles. The van der Waals surface area contributed by atoms with E-state index in [1.54, 1.807) is 11.3 Å². The van der Waals surface area contributed by atoms with E-state index in [-0.39, 0.29) is 0 Å². The summed E-state index contributed by atoms with van der Waals surface area (Å²) in [6.45, 7) is 0. The minimum atomic E-state index is 0.559. The Labute approximate surface area is 92.1 Å². The van der Waals surface area contributed by atoms with Crippen molar-refractivity contribution in [2.75, 3.05) is 0 Å². The van der Waals surface area contributed by atoms with Crippen LogP contribution >= 0.6 is 23.1 Å². The highest BCUT2D eigenvalue weighted by Gasteiger charge is 2.08. The molecule has 0 atom stereocenters. The topological polar surface area (TPSA) is 80.2 Å². The van der Waals surface area contributed by atoms with Crippen LogP contribution in [-0.2, 0) is 0 Å². The number of hydrogen-bond donors (Lipinski definition) is 1. The molecule has 3 heterocycles. The van der Waals surface area contributed by atoms with E-state index < -0.39 is 0 Å². The Balaban J connectivity index is 2.07. The molecule has 0 bridgehead atoms. The molecule has 0 aliphatic rings. The maximum absolute atomic E-state index is 4.19. The average molecular weight is 236 g/mol. The largest absolute Gasteiger partial charge is 0.237 e. The number of hydrogen-bond acceptors (Lipinski definition) is 7. The smallest absolute Gasteiger partial charge is 0.235 e. The van der Waals surface area contributed by atoms with Crippen LogP contribution < -0.4 is 0 Å². The summed E-state index contributed by atoms with van der Waals surface area (Å²) in [5.41, 5.74) is 0.945. The molecule has 8 heteroatoms. The van der Waals surface area contributed by atoms with Crippen LogP contribution in [0.2, 0.25) is 0 Å². The van der Waals surface area contributed by atoms with Crippen molar-refractivity contribution in [1.29, 1.82) is 0 Å². The first kappa shape index (κ1) is 8.74. The Morgan fingerprint density at radius 2 is 2.33 bits per heavy atom. The summed E-state index contributed by atoms with van der Waals surface area (Å²) >= 11 is 2.98. The van der Waals surface area contributed by atoms with E-state index in [2.05, 4.69) is 30.6 Å². The minimum absolute atomic E-state index is 0.559. The quantitative estimate of drug-likeness (QED) is 0.676. The molecule has 3 rings (SSSR count). The zero-order valence-corrected chi connectivity index (χ0v) is 8.92. The summed E-state index contributed by atoms with van der Waals surface area (Å²) in [6.07, 6.45) is 1.54.